The molecule has 0 aliphatic heterocycles. The number of aromatic nitrogens is 2. The Hall–Kier alpha value is -2.04. The summed E-state index contributed by atoms with van der Waals surface area (Å²) in [5.41, 5.74) is 2.50. The Labute approximate surface area is 131 Å². The van der Waals surface area contributed by atoms with Gasteiger partial charge in [0.05, 0.1) is 21.4 Å². The number of aryl methyl sites for hydroxylation is 1. The first-order chi connectivity index (χ1) is 10.0. The molecular weight excluding hydrogens is 309 g/mol. The van der Waals surface area contributed by atoms with Gasteiger partial charge in [0.1, 0.15) is 5.65 Å². The Morgan fingerprint density at radius 1 is 1.24 bits per heavy atom. The van der Waals surface area contributed by atoms with Crippen LogP contribution in [0.25, 0.3) is 5.65 Å². The van der Waals surface area contributed by atoms with Crippen molar-refractivity contribution in [1.82, 2.24) is 9.38 Å². The van der Waals surface area contributed by atoms with Gasteiger partial charge in [-0.3, -0.25) is 4.79 Å². The van der Waals surface area contributed by atoms with Gasteiger partial charge < -0.3 is 9.72 Å². The van der Waals surface area contributed by atoms with Crippen LogP contribution >= 0.6 is 23.2 Å². The molecule has 3 aromatic rings. The zero-order valence-electron chi connectivity index (χ0n) is 11.1. The largest absolute Gasteiger partial charge is 0.319 e. The number of fused-ring (bicyclic) bond motifs is 1. The summed E-state index contributed by atoms with van der Waals surface area (Å²) in [6.45, 7) is 1.90. The van der Waals surface area contributed by atoms with Gasteiger partial charge in [-0.15, -0.1) is 0 Å². The van der Waals surface area contributed by atoms with Gasteiger partial charge in [-0.05, 0) is 31.2 Å². The average molecular weight is 320 g/mol. The number of carbonyl (C=O) groups is 1. The molecule has 6 heteroatoms. The van der Waals surface area contributed by atoms with Crippen molar-refractivity contribution in [3.8, 4) is 0 Å². The van der Waals surface area contributed by atoms with Gasteiger partial charge in [0, 0.05) is 18.0 Å². The summed E-state index contributed by atoms with van der Waals surface area (Å²) >= 11 is 12.1. The van der Waals surface area contributed by atoms with E-state index in [1.807, 2.05) is 17.5 Å². The van der Waals surface area contributed by atoms with Crippen LogP contribution in [0.2, 0.25) is 10.0 Å². The standard InChI is InChI=1S/C15H11Cl2N3O/c1-9-8-20-6-5-10(7-13(20)18-9)15(21)19-14-11(16)3-2-4-12(14)17/h2-8H,1H3,(H,19,21). The molecule has 1 N–H and O–H groups in total. The van der Waals surface area contributed by atoms with E-state index in [1.54, 1.807) is 36.5 Å². The summed E-state index contributed by atoms with van der Waals surface area (Å²) in [5.74, 6) is -0.284. The summed E-state index contributed by atoms with van der Waals surface area (Å²) in [5, 5.41) is 3.52. The van der Waals surface area contributed by atoms with Gasteiger partial charge in [0.2, 0.25) is 0 Å². The normalized spacial score (nSPS) is 10.8. The van der Waals surface area contributed by atoms with E-state index in [2.05, 4.69) is 10.3 Å². The molecule has 0 aliphatic carbocycles. The molecule has 0 spiro atoms. The van der Waals surface area contributed by atoms with Crippen molar-refractivity contribution in [2.75, 3.05) is 5.32 Å². The molecule has 2 aromatic heterocycles. The topological polar surface area (TPSA) is 46.4 Å². The third-order valence-corrected chi connectivity index (χ3v) is 3.67. The summed E-state index contributed by atoms with van der Waals surface area (Å²) < 4.78 is 1.86. The van der Waals surface area contributed by atoms with Crippen LogP contribution < -0.4 is 5.32 Å². The number of imidazole rings is 1. The van der Waals surface area contributed by atoms with Crippen LogP contribution in [0.1, 0.15) is 16.1 Å². The van der Waals surface area contributed by atoms with Crippen molar-refractivity contribution in [1.29, 1.82) is 0 Å². The van der Waals surface area contributed by atoms with E-state index >= 15 is 0 Å². The zero-order chi connectivity index (χ0) is 15.0. The van der Waals surface area contributed by atoms with Crippen LogP contribution in [-0.2, 0) is 0 Å². The highest BCUT2D eigenvalue weighted by Crippen LogP contribution is 2.30. The number of rotatable bonds is 2. The summed E-state index contributed by atoms with van der Waals surface area (Å²) in [7, 11) is 0. The quantitative estimate of drug-likeness (QED) is 0.769. The Balaban J connectivity index is 1.93. The van der Waals surface area contributed by atoms with Crippen LogP contribution in [0.5, 0.6) is 0 Å². The highest BCUT2D eigenvalue weighted by molar-refractivity contribution is 6.40. The highest BCUT2D eigenvalue weighted by Gasteiger charge is 2.12. The Bertz CT molecular complexity index is 822. The Morgan fingerprint density at radius 2 is 1.95 bits per heavy atom. The Morgan fingerprint density at radius 3 is 2.67 bits per heavy atom. The number of amides is 1. The third-order valence-electron chi connectivity index (χ3n) is 3.04. The van der Waals surface area contributed by atoms with E-state index in [4.69, 9.17) is 23.2 Å². The number of carbonyl (C=O) groups excluding carboxylic acids is 1. The van der Waals surface area contributed by atoms with Gasteiger partial charge in [-0.1, -0.05) is 29.3 Å². The fourth-order valence-electron chi connectivity index (χ4n) is 2.05. The van der Waals surface area contributed by atoms with Crippen LogP contribution in [0.4, 0.5) is 5.69 Å². The van der Waals surface area contributed by atoms with E-state index in [0.717, 1.165) is 5.69 Å². The number of para-hydroxylation sites is 1. The monoisotopic (exact) mass is 319 g/mol. The molecule has 106 valence electrons. The summed E-state index contributed by atoms with van der Waals surface area (Å²) in [6, 6.07) is 8.50. The van der Waals surface area contributed by atoms with Crippen molar-refractivity contribution < 1.29 is 4.79 Å². The number of nitrogens with one attached hydrogen (secondary N) is 1. The summed E-state index contributed by atoms with van der Waals surface area (Å²) in [4.78, 5) is 16.6. The average Bonchev–Trinajstić information content (AvgIpc) is 2.81. The van der Waals surface area contributed by atoms with Gasteiger partial charge in [-0.25, -0.2) is 4.98 Å². The molecule has 0 saturated carbocycles. The smallest absolute Gasteiger partial charge is 0.255 e. The first kappa shape index (κ1) is 13.9. The molecular formula is C15H11Cl2N3O. The molecule has 0 fully saturated rings. The van der Waals surface area contributed by atoms with Crippen molar-refractivity contribution in [2.45, 2.75) is 6.92 Å². The maximum Gasteiger partial charge on any atom is 0.255 e. The van der Waals surface area contributed by atoms with E-state index in [9.17, 15) is 4.79 Å². The fraction of sp³-hybridized carbons (Fsp3) is 0.0667. The predicted molar refractivity (Wildman–Crippen MR) is 84.3 cm³/mol. The SMILES string of the molecule is Cc1cn2ccc(C(=O)Nc3c(Cl)cccc3Cl)cc2n1. The van der Waals surface area contributed by atoms with Crippen molar-refractivity contribution in [3.05, 3.63) is 64.0 Å². The molecule has 1 aromatic carbocycles. The molecule has 0 aliphatic rings. The van der Waals surface area contributed by atoms with Gasteiger partial charge >= 0.3 is 0 Å². The van der Waals surface area contributed by atoms with E-state index in [-0.39, 0.29) is 5.91 Å². The van der Waals surface area contributed by atoms with E-state index < -0.39 is 0 Å². The number of halogens is 2. The minimum Gasteiger partial charge on any atom is -0.319 e. The van der Waals surface area contributed by atoms with Gasteiger partial charge in [0.15, 0.2) is 0 Å². The molecule has 0 atom stereocenters. The van der Waals surface area contributed by atoms with Crippen LogP contribution in [0.15, 0.2) is 42.7 Å². The lowest BCUT2D eigenvalue weighted by molar-refractivity contribution is 0.102. The lowest BCUT2D eigenvalue weighted by atomic mass is 10.2. The third kappa shape index (κ3) is 2.73. The molecule has 0 unspecified atom stereocenters. The minimum absolute atomic E-state index is 0.284. The Kier molecular flexibility index (Phi) is 3.57. The van der Waals surface area contributed by atoms with Crippen molar-refractivity contribution in [2.24, 2.45) is 0 Å². The van der Waals surface area contributed by atoms with Crippen LogP contribution in [-0.4, -0.2) is 15.3 Å². The first-order valence-electron chi connectivity index (χ1n) is 6.25. The van der Waals surface area contributed by atoms with Crippen LogP contribution in [0.3, 0.4) is 0 Å². The minimum atomic E-state index is -0.284. The number of hydrogen-bond acceptors (Lipinski definition) is 2. The first-order valence-corrected chi connectivity index (χ1v) is 7.01. The second-order valence-electron chi connectivity index (χ2n) is 4.61. The predicted octanol–water partition coefficient (Wildman–Crippen LogP) is 4.20. The molecule has 3 rings (SSSR count). The van der Waals surface area contributed by atoms with Gasteiger partial charge in [-0.2, -0.15) is 0 Å². The van der Waals surface area contributed by atoms with Gasteiger partial charge in [0.25, 0.3) is 5.91 Å². The summed E-state index contributed by atoms with van der Waals surface area (Å²) in [6.07, 6.45) is 3.68. The molecule has 4 nitrogen and oxygen atoms in total. The fourth-order valence-corrected chi connectivity index (χ4v) is 2.54. The number of hydrogen-bond donors (Lipinski definition) is 1. The second-order valence-corrected chi connectivity index (χ2v) is 5.43. The molecule has 2 heterocycles. The number of benzene rings is 1. The number of anilines is 1. The molecule has 0 radical (unpaired) electrons. The lowest BCUT2D eigenvalue weighted by Gasteiger charge is -2.09. The molecule has 0 bridgehead atoms. The maximum atomic E-state index is 12.3. The van der Waals surface area contributed by atoms with Crippen LogP contribution in [0, 0.1) is 6.92 Å². The molecule has 1 amide bonds. The molecule has 0 saturated heterocycles. The second kappa shape index (κ2) is 5.39. The number of pyridine rings is 1. The number of nitrogens with zero attached hydrogens (tertiary/aromatic N) is 2. The highest BCUT2D eigenvalue weighted by atomic mass is 35.5. The maximum absolute atomic E-state index is 12.3. The molecule has 21 heavy (non-hydrogen) atoms. The van der Waals surface area contributed by atoms with Crippen molar-refractivity contribution in [3.63, 3.8) is 0 Å². The lowest BCUT2D eigenvalue weighted by Crippen LogP contribution is -2.13. The van der Waals surface area contributed by atoms with E-state index in [1.165, 1.54) is 0 Å². The zero-order valence-corrected chi connectivity index (χ0v) is 12.6. The van der Waals surface area contributed by atoms with Crippen molar-refractivity contribution >= 4 is 40.4 Å². The van der Waals surface area contributed by atoms with E-state index in [0.29, 0.717) is 26.9 Å².